The van der Waals surface area contributed by atoms with Crippen molar-refractivity contribution < 1.29 is 4.52 Å². The quantitative estimate of drug-likeness (QED) is 0.752. The van der Waals surface area contributed by atoms with E-state index in [1.54, 1.807) is 6.07 Å². The van der Waals surface area contributed by atoms with Gasteiger partial charge in [-0.15, -0.1) is 0 Å². The highest BCUT2D eigenvalue weighted by Crippen LogP contribution is 2.41. The van der Waals surface area contributed by atoms with Gasteiger partial charge in [-0.2, -0.15) is 5.10 Å². The van der Waals surface area contributed by atoms with Crippen LogP contribution in [0.1, 0.15) is 24.5 Å². The van der Waals surface area contributed by atoms with E-state index in [1.807, 2.05) is 6.07 Å². The molecule has 2 aromatic heterocycles. The summed E-state index contributed by atoms with van der Waals surface area (Å²) in [5.41, 5.74) is 7.07. The Kier molecular flexibility index (Phi) is 1.41. The molecule has 0 unspecified atom stereocenters. The largest absolute Gasteiger partial charge is 0.382 e. The van der Waals surface area contributed by atoms with Crippen LogP contribution >= 0.6 is 0 Å². The fourth-order valence-electron chi connectivity index (χ4n) is 1.44. The van der Waals surface area contributed by atoms with Crippen molar-refractivity contribution in [2.45, 2.75) is 18.8 Å². The van der Waals surface area contributed by atoms with E-state index in [1.165, 1.54) is 12.8 Å². The van der Waals surface area contributed by atoms with Crippen molar-refractivity contribution >= 4 is 5.82 Å². The van der Waals surface area contributed by atoms with Crippen molar-refractivity contribution in [3.05, 3.63) is 17.9 Å². The first-order valence-corrected chi connectivity index (χ1v) is 4.61. The van der Waals surface area contributed by atoms with E-state index >= 15 is 0 Å². The molecule has 3 N–H and O–H groups in total. The minimum absolute atomic E-state index is 0.468. The summed E-state index contributed by atoms with van der Waals surface area (Å²) in [5.74, 6) is 2.01. The lowest BCUT2D eigenvalue weighted by Gasteiger charge is -1.83. The van der Waals surface area contributed by atoms with Gasteiger partial charge in [0.15, 0.2) is 0 Å². The first-order valence-electron chi connectivity index (χ1n) is 4.61. The Hall–Kier alpha value is -1.78. The zero-order valence-corrected chi connectivity index (χ0v) is 7.53. The monoisotopic (exact) mass is 190 g/mol. The van der Waals surface area contributed by atoms with Gasteiger partial charge in [-0.05, 0) is 12.8 Å². The van der Waals surface area contributed by atoms with Crippen LogP contribution in [0.25, 0.3) is 11.4 Å². The average molecular weight is 190 g/mol. The maximum absolute atomic E-state index is 5.49. The Balaban J connectivity index is 1.95. The lowest BCUT2D eigenvalue weighted by Crippen LogP contribution is -1.81. The van der Waals surface area contributed by atoms with Crippen LogP contribution in [0, 0.1) is 0 Å². The van der Waals surface area contributed by atoms with E-state index in [-0.39, 0.29) is 0 Å². The van der Waals surface area contributed by atoms with Gasteiger partial charge in [0, 0.05) is 18.1 Å². The molecular weight excluding hydrogens is 180 g/mol. The third-order valence-corrected chi connectivity index (χ3v) is 2.38. The number of aromatic nitrogens is 3. The Morgan fingerprint density at radius 3 is 2.93 bits per heavy atom. The summed E-state index contributed by atoms with van der Waals surface area (Å²) in [6.45, 7) is 0. The van der Waals surface area contributed by atoms with Crippen LogP contribution in [0.4, 0.5) is 5.82 Å². The first kappa shape index (κ1) is 7.61. The molecule has 0 amide bonds. The second-order valence-electron chi connectivity index (χ2n) is 3.60. The molecule has 1 aliphatic carbocycles. The molecule has 1 fully saturated rings. The fraction of sp³-hybridized carbons (Fsp3) is 0.333. The van der Waals surface area contributed by atoms with Crippen LogP contribution in [0.3, 0.4) is 0 Å². The zero-order valence-electron chi connectivity index (χ0n) is 7.53. The van der Waals surface area contributed by atoms with E-state index in [4.69, 9.17) is 10.3 Å². The molecule has 0 aliphatic heterocycles. The second-order valence-corrected chi connectivity index (χ2v) is 3.60. The van der Waals surface area contributed by atoms with E-state index in [2.05, 4.69) is 15.4 Å². The molecule has 72 valence electrons. The van der Waals surface area contributed by atoms with Crippen molar-refractivity contribution in [3.8, 4) is 11.4 Å². The van der Waals surface area contributed by atoms with Gasteiger partial charge in [-0.25, -0.2) is 0 Å². The van der Waals surface area contributed by atoms with Gasteiger partial charge in [0.2, 0.25) is 0 Å². The van der Waals surface area contributed by atoms with Crippen LogP contribution < -0.4 is 5.73 Å². The highest BCUT2D eigenvalue weighted by molar-refractivity contribution is 5.57. The van der Waals surface area contributed by atoms with Gasteiger partial charge in [0.25, 0.3) is 0 Å². The van der Waals surface area contributed by atoms with Crippen LogP contribution in [0.15, 0.2) is 16.7 Å². The van der Waals surface area contributed by atoms with Crippen molar-refractivity contribution in [1.82, 2.24) is 15.4 Å². The Morgan fingerprint density at radius 1 is 1.43 bits per heavy atom. The molecule has 3 rings (SSSR count). The molecule has 0 radical (unpaired) electrons. The van der Waals surface area contributed by atoms with Crippen molar-refractivity contribution in [2.75, 3.05) is 5.73 Å². The van der Waals surface area contributed by atoms with Gasteiger partial charge < -0.3 is 10.3 Å². The Bertz CT molecular complexity index is 455. The molecule has 0 spiro atoms. The van der Waals surface area contributed by atoms with Crippen molar-refractivity contribution in [3.63, 3.8) is 0 Å². The molecule has 0 saturated heterocycles. The molecule has 5 heteroatoms. The molecule has 0 bridgehead atoms. The maximum Gasteiger partial charge on any atom is 0.145 e. The van der Waals surface area contributed by atoms with Gasteiger partial charge in [-0.1, -0.05) is 5.16 Å². The maximum atomic E-state index is 5.49. The molecular formula is C9H10N4O. The summed E-state index contributed by atoms with van der Waals surface area (Å²) in [6.07, 6.45) is 2.42. The number of nitrogens with one attached hydrogen (secondary N) is 1. The lowest BCUT2D eigenvalue weighted by atomic mass is 10.2. The molecule has 0 atom stereocenters. The third kappa shape index (κ3) is 1.17. The molecule has 2 heterocycles. The van der Waals surface area contributed by atoms with Crippen molar-refractivity contribution in [1.29, 1.82) is 0 Å². The summed E-state index contributed by atoms with van der Waals surface area (Å²) >= 11 is 0. The van der Waals surface area contributed by atoms with Crippen LogP contribution in [-0.2, 0) is 0 Å². The molecule has 1 aliphatic rings. The highest BCUT2D eigenvalue weighted by atomic mass is 16.5. The number of nitrogens with zero attached hydrogens (tertiary/aromatic N) is 2. The summed E-state index contributed by atoms with van der Waals surface area (Å²) in [6, 6.07) is 3.69. The number of H-pyrrole nitrogens is 1. The van der Waals surface area contributed by atoms with E-state index in [0.29, 0.717) is 11.7 Å². The van der Waals surface area contributed by atoms with Gasteiger partial charge >= 0.3 is 0 Å². The fourth-order valence-corrected chi connectivity index (χ4v) is 1.44. The molecule has 0 aromatic carbocycles. The smallest absolute Gasteiger partial charge is 0.145 e. The summed E-state index contributed by atoms with van der Waals surface area (Å²) in [4.78, 5) is 0. The van der Waals surface area contributed by atoms with Crippen molar-refractivity contribution in [2.24, 2.45) is 0 Å². The van der Waals surface area contributed by atoms with Crippen LogP contribution in [0.5, 0.6) is 0 Å². The summed E-state index contributed by atoms with van der Waals surface area (Å²) in [5, 5.41) is 10.6. The zero-order chi connectivity index (χ0) is 9.54. The predicted molar refractivity (Wildman–Crippen MR) is 50.5 cm³/mol. The lowest BCUT2D eigenvalue weighted by molar-refractivity contribution is 0.386. The van der Waals surface area contributed by atoms with E-state index in [0.717, 1.165) is 17.1 Å². The molecule has 14 heavy (non-hydrogen) atoms. The first-order chi connectivity index (χ1) is 6.83. The Morgan fingerprint density at radius 2 is 2.29 bits per heavy atom. The number of nitrogen functional groups attached to an aromatic ring is 1. The topological polar surface area (TPSA) is 80.7 Å². The molecule has 1 saturated carbocycles. The number of aromatic amines is 1. The van der Waals surface area contributed by atoms with E-state index in [9.17, 15) is 0 Å². The highest BCUT2D eigenvalue weighted by Gasteiger charge is 2.28. The van der Waals surface area contributed by atoms with Gasteiger partial charge in [0.05, 0.1) is 5.69 Å². The number of hydrogen-bond acceptors (Lipinski definition) is 4. The van der Waals surface area contributed by atoms with Gasteiger partial charge in [-0.3, -0.25) is 5.10 Å². The van der Waals surface area contributed by atoms with Crippen LogP contribution in [0.2, 0.25) is 0 Å². The van der Waals surface area contributed by atoms with E-state index < -0.39 is 0 Å². The third-order valence-electron chi connectivity index (χ3n) is 2.38. The second kappa shape index (κ2) is 2.60. The number of rotatable bonds is 2. The predicted octanol–water partition coefficient (Wildman–Crippen LogP) is 1.52. The minimum Gasteiger partial charge on any atom is -0.382 e. The standard InChI is InChI=1S/C9H10N4O/c10-9-4-6(11-12-9)7-3-8(14-13-7)5-1-2-5/h3-5H,1-2H2,(H3,10,11,12). The normalized spacial score (nSPS) is 16.0. The molecule has 2 aromatic rings. The Labute approximate surface area is 80.3 Å². The minimum atomic E-state index is 0.468. The number of anilines is 1. The number of hydrogen-bond donors (Lipinski definition) is 2. The average Bonchev–Trinajstić information content (AvgIpc) is 2.76. The number of nitrogens with two attached hydrogens (primary N) is 1. The summed E-state index contributed by atoms with van der Waals surface area (Å²) in [7, 11) is 0. The SMILES string of the molecule is Nc1cc(-c2cc(C3CC3)on2)[nH]n1. The summed E-state index contributed by atoms with van der Waals surface area (Å²) < 4.78 is 5.21. The molecule has 5 nitrogen and oxygen atoms in total. The van der Waals surface area contributed by atoms with Crippen LogP contribution in [-0.4, -0.2) is 15.4 Å². The van der Waals surface area contributed by atoms with Gasteiger partial charge in [0.1, 0.15) is 17.3 Å².